The molecule has 0 aliphatic heterocycles. The van der Waals surface area contributed by atoms with Gasteiger partial charge in [0.1, 0.15) is 5.82 Å². The minimum Gasteiger partial charge on any atom is -0.250 e. The van der Waals surface area contributed by atoms with Crippen molar-refractivity contribution in [3.8, 4) is 0 Å². The highest BCUT2D eigenvalue weighted by molar-refractivity contribution is 7.71. The fourth-order valence-corrected chi connectivity index (χ4v) is 2.99. The van der Waals surface area contributed by atoms with E-state index in [1.807, 2.05) is 17.5 Å². The largest absolute Gasteiger partial charge is 0.250 e. The first-order valence-electron chi connectivity index (χ1n) is 6.32. The van der Waals surface area contributed by atoms with Gasteiger partial charge in [-0.1, -0.05) is 23.7 Å². The van der Waals surface area contributed by atoms with Crippen molar-refractivity contribution >= 4 is 41.4 Å². The third-order valence-electron chi connectivity index (χ3n) is 2.93. The Morgan fingerprint density at radius 1 is 1.41 bits per heavy atom. The molecule has 0 spiro atoms. The Morgan fingerprint density at radius 2 is 2.27 bits per heavy atom. The Morgan fingerprint density at radius 3 is 3.00 bits per heavy atom. The smallest absolute Gasteiger partial charge is 0.216 e. The van der Waals surface area contributed by atoms with E-state index >= 15 is 0 Å². The van der Waals surface area contributed by atoms with Crippen LogP contribution in [0.5, 0.6) is 0 Å². The zero-order chi connectivity index (χ0) is 15.5. The minimum atomic E-state index is -0.439. The number of benzene rings is 1. The molecule has 8 heteroatoms. The summed E-state index contributed by atoms with van der Waals surface area (Å²) in [6, 6.07) is 8.44. The van der Waals surface area contributed by atoms with Crippen LogP contribution in [0.1, 0.15) is 16.3 Å². The van der Waals surface area contributed by atoms with E-state index in [1.165, 1.54) is 17.0 Å². The van der Waals surface area contributed by atoms with Gasteiger partial charge in [0.15, 0.2) is 5.82 Å². The molecule has 2 aromatic heterocycles. The molecule has 22 heavy (non-hydrogen) atoms. The summed E-state index contributed by atoms with van der Waals surface area (Å²) in [6.45, 7) is 0. The van der Waals surface area contributed by atoms with Crippen LogP contribution < -0.4 is 0 Å². The Labute approximate surface area is 139 Å². The Hall–Kier alpha value is -1.83. The SMILES string of the molecule is Fc1cccc(Cl)c1/C=N\n1c(Cc2cccs2)n[nH]c1=S. The first-order valence-corrected chi connectivity index (χ1v) is 7.99. The maximum Gasteiger partial charge on any atom is 0.216 e. The molecule has 0 unspecified atom stereocenters. The van der Waals surface area contributed by atoms with Crippen LogP contribution in [0, 0.1) is 10.6 Å². The van der Waals surface area contributed by atoms with Crippen molar-refractivity contribution in [2.75, 3.05) is 0 Å². The Balaban J connectivity index is 1.94. The number of hydrogen-bond donors (Lipinski definition) is 1. The highest BCUT2D eigenvalue weighted by Gasteiger charge is 2.08. The molecule has 4 nitrogen and oxygen atoms in total. The van der Waals surface area contributed by atoms with E-state index in [4.69, 9.17) is 23.8 Å². The molecule has 0 amide bonds. The maximum absolute atomic E-state index is 13.8. The first kappa shape index (κ1) is 15.1. The summed E-state index contributed by atoms with van der Waals surface area (Å²) < 4.78 is 15.6. The number of H-pyrrole nitrogens is 1. The van der Waals surface area contributed by atoms with Gasteiger partial charge >= 0.3 is 0 Å². The predicted octanol–water partition coefficient (Wildman–Crippen LogP) is 4.27. The van der Waals surface area contributed by atoms with Gasteiger partial charge in [-0.2, -0.15) is 14.9 Å². The van der Waals surface area contributed by atoms with Gasteiger partial charge < -0.3 is 0 Å². The molecule has 0 bridgehead atoms. The van der Waals surface area contributed by atoms with E-state index in [2.05, 4.69) is 15.3 Å². The topological polar surface area (TPSA) is 46.0 Å². The number of hydrogen-bond acceptors (Lipinski definition) is 4. The van der Waals surface area contributed by atoms with E-state index in [-0.39, 0.29) is 5.56 Å². The molecule has 0 saturated carbocycles. The fraction of sp³-hybridized carbons (Fsp3) is 0.0714. The molecule has 3 rings (SSSR count). The number of nitrogens with zero attached hydrogens (tertiary/aromatic N) is 3. The van der Waals surface area contributed by atoms with Gasteiger partial charge in [-0.15, -0.1) is 11.3 Å². The molecular weight excluding hydrogens is 343 g/mol. The lowest BCUT2D eigenvalue weighted by atomic mass is 10.2. The summed E-state index contributed by atoms with van der Waals surface area (Å²) in [4.78, 5) is 1.13. The number of halogens is 2. The summed E-state index contributed by atoms with van der Waals surface area (Å²) in [5.74, 6) is 0.210. The van der Waals surface area contributed by atoms with Crippen molar-refractivity contribution in [3.63, 3.8) is 0 Å². The van der Waals surface area contributed by atoms with Crippen molar-refractivity contribution in [2.24, 2.45) is 5.10 Å². The van der Waals surface area contributed by atoms with Crippen molar-refractivity contribution in [1.29, 1.82) is 0 Å². The van der Waals surface area contributed by atoms with Crippen molar-refractivity contribution < 1.29 is 4.39 Å². The molecule has 1 aromatic carbocycles. The second kappa shape index (κ2) is 6.51. The summed E-state index contributed by atoms with van der Waals surface area (Å²) in [5, 5.41) is 13.3. The molecule has 0 saturated heterocycles. The first-order chi connectivity index (χ1) is 10.6. The fourth-order valence-electron chi connectivity index (χ4n) is 1.88. The predicted molar refractivity (Wildman–Crippen MR) is 88.9 cm³/mol. The number of aromatic amines is 1. The standard InChI is InChI=1S/C14H10ClFN4S2/c15-11-4-1-5-12(16)10(11)8-17-20-13(18-19-14(20)21)7-9-3-2-6-22-9/h1-6,8H,7H2,(H,19,21)/b17-8-. The maximum atomic E-state index is 13.8. The second-order valence-corrected chi connectivity index (χ2v) is 6.22. The van der Waals surface area contributed by atoms with Gasteiger partial charge in [-0.25, -0.2) is 4.39 Å². The van der Waals surface area contributed by atoms with Crippen LogP contribution in [0.2, 0.25) is 5.02 Å². The van der Waals surface area contributed by atoms with Gasteiger partial charge in [-0.05, 0) is 35.8 Å². The second-order valence-electron chi connectivity index (χ2n) is 4.39. The molecule has 0 aliphatic carbocycles. The number of thiophene rings is 1. The van der Waals surface area contributed by atoms with E-state index in [0.717, 1.165) is 4.88 Å². The van der Waals surface area contributed by atoms with Crippen LogP contribution in [0.4, 0.5) is 4.39 Å². The van der Waals surface area contributed by atoms with E-state index in [0.29, 0.717) is 22.0 Å². The van der Waals surface area contributed by atoms with Gasteiger partial charge in [0.2, 0.25) is 4.77 Å². The molecule has 0 radical (unpaired) electrons. The summed E-state index contributed by atoms with van der Waals surface area (Å²) in [5.41, 5.74) is 0.217. The summed E-state index contributed by atoms with van der Waals surface area (Å²) >= 11 is 12.8. The molecule has 0 fully saturated rings. The van der Waals surface area contributed by atoms with Crippen molar-refractivity contribution in [1.82, 2.24) is 14.9 Å². The van der Waals surface area contributed by atoms with E-state index < -0.39 is 5.82 Å². The summed E-state index contributed by atoms with van der Waals surface area (Å²) in [6.07, 6.45) is 1.94. The van der Waals surface area contributed by atoms with Crippen LogP contribution in [0.25, 0.3) is 0 Å². The van der Waals surface area contributed by atoms with Crippen LogP contribution in [-0.2, 0) is 6.42 Å². The van der Waals surface area contributed by atoms with Gasteiger partial charge in [0.25, 0.3) is 0 Å². The van der Waals surface area contributed by atoms with E-state index in [1.54, 1.807) is 23.5 Å². The number of rotatable bonds is 4. The molecule has 0 atom stereocenters. The highest BCUT2D eigenvalue weighted by atomic mass is 35.5. The molecule has 2 heterocycles. The minimum absolute atomic E-state index is 0.217. The van der Waals surface area contributed by atoms with Crippen molar-refractivity contribution in [3.05, 3.63) is 67.6 Å². The quantitative estimate of drug-likeness (QED) is 0.563. The Bertz CT molecular complexity index is 847. The number of nitrogens with one attached hydrogen (secondary N) is 1. The van der Waals surface area contributed by atoms with Crippen LogP contribution >= 0.6 is 35.2 Å². The lowest BCUT2D eigenvalue weighted by Gasteiger charge is -2.01. The highest BCUT2D eigenvalue weighted by Crippen LogP contribution is 2.17. The molecule has 112 valence electrons. The van der Waals surface area contributed by atoms with Gasteiger partial charge in [0, 0.05) is 16.9 Å². The third-order valence-corrected chi connectivity index (χ3v) is 4.40. The number of aromatic nitrogens is 3. The van der Waals surface area contributed by atoms with Gasteiger partial charge in [0.05, 0.1) is 11.2 Å². The molecule has 3 aromatic rings. The molecule has 0 aliphatic rings. The Kier molecular flexibility index (Phi) is 4.47. The van der Waals surface area contributed by atoms with Crippen molar-refractivity contribution in [2.45, 2.75) is 6.42 Å². The lowest BCUT2D eigenvalue weighted by Crippen LogP contribution is -2.00. The summed E-state index contributed by atoms with van der Waals surface area (Å²) in [7, 11) is 0. The van der Waals surface area contributed by atoms with E-state index in [9.17, 15) is 4.39 Å². The van der Waals surface area contributed by atoms with Gasteiger partial charge in [-0.3, -0.25) is 5.10 Å². The normalized spacial score (nSPS) is 11.4. The third kappa shape index (κ3) is 3.16. The van der Waals surface area contributed by atoms with Crippen LogP contribution in [-0.4, -0.2) is 21.1 Å². The zero-order valence-corrected chi connectivity index (χ0v) is 13.6. The van der Waals surface area contributed by atoms with Crippen LogP contribution in [0.3, 0.4) is 0 Å². The molecule has 1 N–H and O–H groups in total. The average molecular weight is 353 g/mol. The average Bonchev–Trinajstić information content (AvgIpc) is 3.11. The monoisotopic (exact) mass is 352 g/mol. The molecular formula is C14H10ClFN4S2. The zero-order valence-electron chi connectivity index (χ0n) is 11.2. The van der Waals surface area contributed by atoms with Crippen LogP contribution in [0.15, 0.2) is 40.8 Å². The lowest BCUT2D eigenvalue weighted by molar-refractivity contribution is 0.625.